The van der Waals surface area contributed by atoms with Crippen molar-refractivity contribution >= 4 is 5.91 Å². The van der Waals surface area contributed by atoms with Gasteiger partial charge in [0.2, 0.25) is 0 Å². The summed E-state index contributed by atoms with van der Waals surface area (Å²) in [5, 5.41) is 1.32. The summed E-state index contributed by atoms with van der Waals surface area (Å²) in [6, 6.07) is 8.22. The maximum Gasteiger partial charge on any atom is 0.263 e. The molecular formula is C17H28N2O2. The van der Waals surface area contributed by atoms with Crippen LogP contribution in [0.3, 0.4) is 0 Å². The van der Waals surface area contributed by atoms with E-state index in [0.29, 0.717) is 5.92 Å². The Morgan fingerprint density at radius 2 is 1.95 bits per heavy atom. The summed E-state index contributed by atoms with van der Waals surface area (Å²) in [6.45, 7) is 7.10. The van der Waals surface area contributed by atoms with Crippen LogP contribution in [0.1, 0.15) is 31.4 Å². The highest BCUT2D eigenvalue weighted by molar-refractivity contribution is 5.80. The van der Waals surface area contributed by atoms with Gasteiger partial charge in [-0.1, -0.05) is 43.7 Å². The minimum atomic E-state index is -0.171. The highest BCUT2D eigenvalue weighted by atomic mass is 16.7. The molecule has 1 rings (SSSR count). The van der Waals surface area contributed by atoms with Gasteiger partial charge in [-0.15, -0.1) is 0 Å². The molecule has 0 fully saturated rings. The van der Waals surface area contributed by atoms with Crippen molar-refractivity contribution in [1.82, 2.24) is 9.96 Å². The van der Waals surface area contributed by atoms with E-state index in [2.05, 4.69) is 49.9 Å². The molecule has 0 aromatic heterocycles. The summed E-state index contributed by atoms with van der Waals surface area (Å²) in [6.07, 6.45) is 0.814. The fourth-order valence-electron chi connectivity index (χ4n) is 2.42. The monoisotopic (exact) mass is 292 g/mol. The molecule has 0 aliphatic carbocycles. The van der Waals surface area contributed by atoms with Crippen LogP contribution < -0.4 is 0 Å². The van der Waals surface area contributed by atoms with Gasteiger partial charge in [0.15, 0.2) is 0 Å². The number of amides is 1. The highest BCUT2D eigenvalue weighted by Crippen LogP contribution is 2.16. The van der Waals surface area contributed by atoms with Gasteiger partial charge >= 0.3 is 0 Å². The van der Waals surface area contributed by atoms with Gasteiger partial charge in [-0.25, -0.2) is 5.06 Å². The van der Waals surface area contributed by atoms with Crippen LogP contribution in [0.2, 0.25) is 0 Å². The van der Waals surface area contributed by atoms with Gasteiger partial charge in [-0.2, -0.15) is 0 Å². The van der Waals surface area contributed by atoms with E-state index in [1.54, 1.807) is 7.05 Å². The van der Waals surface area contributed by atoms with Crippen molar-refractivity contribution in [3.05, 3.63) is 35.4 Å². The zero-order valence-corrected chi connectivity index (χ0v) is 14.1. The van der Waals surface area contributed by atoms with Crippen LogP contribution in [0.4, 0.5) is 0 Å². The minimum absolute atomic E-state index is 0.00125. The van der Waals surface area contributed by atoms with Crippen molar-refractivity contribution in [1.29, 1.82) is 0 Å². The molecule has 0 saturated carbocycles. The Morgan fingerprint density at radius 3 is 2.48 bits per heavy atom. The van der Waals surface area contributed by atoms with Crippen molar-refractivity contribution < 1.29 is 9.63 Å². The SMILES string of the molecule is CON(C)C(=O)[C@@H](CC(C)C)N(C)Cc1cccc(C)c1. The van der Waals surface area contributed by atoms with Crippen molar-refractivity contribution in [3.63, 3.8) is 0 Å². The third-order valence-electron chi connectivity index (χ3n) is 3.61. The van der Waals surface area contributed by atoms with E-state index in [1.165, 1.54) is 23.3 Å². The molecule has 4 heteroatoms. The van der Waals surface area contributed by atoms with Gasteiger partial charge in [-0.3, -0.25) is 14.5 Å². The van der Waals surface area contributed by atoms with Gasteiger partial charge in [0.25, 0.3) is 5.91 Å². The number of hydrogen-bond acceptors (Lipinski definition) is 3. The Hall–Kier alpha value is -1.39. The lowest BCUT2D eigenvalue weighted by molar-refractivity contribution is -0.175. The van der Waals surface area contributed by atoms with Gasteiger partial charge in [0.1, 0.15) is 0 Å². The van der Waals surface area contributed by atoms with Gasteiger partial charge in [0, 0.05) is 13.6 Å². The van der Waals surface area contributed by atoms with Gasteiger partial charge in [-0.05, 0) is 31.9 Å². The first-order chi connectivity index (χ1) is 9.85. The van der Waals surface area contributed by atoms with E-state index >= 15 is 0 Å². The molecule has 0 saturated heterocycles. The van der Waals surface area contributed by atoms with Crippen molar-refractivity contribution in [2.75, 3.05) is 21.2 Å². The fourth-order valence-corrected chi connectivity index (χ4v) is 2.42. The lowest BCUT2D eigenvalue weighted by Gasteiger charge is -2.31. The number of aryl methyl sites for hydroxylation is 1. The van der Waals surface area contributed by atoms with Gasteiger partial charge in [0.05, 0.1) is 13.2 Å². The van der Waals surface area contributed by atoms with Crippen molar-refractivity contribution in [2.45, 2.75) is 39.8 Å². The molecule has 1 aromatic carbocycles. The molecule has 0 radical (unpaired) electrons. The smallest absolute Gasteiger partial charge is 0.263 e. The summed E-state index contributed by atoms with van der Waals surface area (Å²) in [4.78, 5) is 19.6. The predicted molar refractivity (Wildman–Crippen MR) is 85.7 cm³/mol. The van der Waals surface area contributed by atoms with Crippen molar-refractivity contribution in [3.8, 4) is 0 Å². The number of hydrogen-bond donors (Lipinski definition) is 0. The highest BCUT2D eigenvalue weighted by Gasteiger charge is 2.27. The number of carbonyl (C=O) groups excluding carboxylic acids is 1. The molecule has 0 spiro atoms. The molecule has 118 valence electrons. The lowest BCUT2D eigenvalue weighted by atomic mass is 10.0. The summed E-state index contributed by atoms with van der Waals surface area (Å²) >= 11 is 0. The van der Waals surface area contributed by atoms with Crippen LogP contribution in [-0.2, 0) is 16.2 Å². The average Bonchev–Trinajstić information content (AvgIpc) is 2.42. The standard InChI is InChI=1S/C17H28N2O2/c1-13(2)10-16(17(20)19(5)21-6)18(4)12-15-9-7-8-14(3)11-15/h7-9,11,13,16H,10,12H2,1-6H3/t16-/m1/s1. The van der Waals surface area contributed by atoms with Crippen LogP contribution in [0.15, 0.2) is 24.3 Å². The van der Waals surface area contributed by atoms with E-state index in [1.807, 2.05) is 7.05 Å². The molecule has 0 heterocycles. The maximum atomic E-state index is 12.5. The predicted octanol–water partition coefficient (Wildman–Crippen LogP) is 2.86. The Kier molecular flexibility index (Phi) is 6.85. The van der Waals surface area contributed by atoms with Crippen LogP contribution in [0.25, 0.3) is 0 Å². The summed E-state index contributed by atoms with van der Waals surface area (Å²) in [5.41, 5.74) is 2.46. The molecule has 0 unspecified atom stereocenters. The first kappa shape index (κ1) is 17.7. The van der Waals surface area contributed by atoms with Crippen LogP contribution in [-0.4, -0.2) is 43.1 Å². The Bertz CT molecular complexity index is 460. The molecule has 21 heavy (non-hydrogen) atoms. The fraction of sp³-hybridized carbons (Fsp3) is 0.588. The molecule has 4 nitrogen and oxygen atoms in total. The Labute approximate surface area is 128 Å². The van der Waals surface area contributed by atoms with Crippen LogP contribution in [0, 0.1) is 12.8 Å². The number of carbonyl (C=O) groups is 1. The molecule has 1 atom stereocenters. The maximum absolute atomic E-state index is 12.5. The second kappa shape index (κ2) is 8.15. The second-order valence-electron chi connectivity index (χ2n) is 6.07. The number of benzene rings is 1. The molecule has 1 amide bonds. The quantitative estimate of drug-likeness (QED) is 0.724. The average molecular weight is 292 g/mol. The van der Waals surface area contributed by atoms with E-state index in [4.69, 9.17) is 4.84 Å². The summed E-state index contributed by atoms with van der Waals surface area (Å²) in [7, 11) is 5.18. The van der Waals surface area contributed by atoms with E-state index in [-0.39, 0.29) is 11.9 Å². The first-order valence-corrected chi connectivity index (χ1v) is 7.42. The Morgan fingerprint density at radius 1 is 1.29 bits per heavy atom. The molecule has 0 aliphatic rings. The van der Waals surface area contributed by atoms with E-state index in [0.717, 1.165) is 13.0 Å². The molecule has 0 N–H and O–H groups in total. The molecule has 0 bridgehead atoms. The van der Waals surface area contributed by atoms with Crippen molar-refractivity contribution in [2.24, 2.45) is 5.92 Å². The van der Waals surface area contributed by atoms with Gasteiger partial charge < -0.3 is 0 Å². The number of nitrogens with zero attached hydrogens (tertiary/aromatic N) is 2. The van der Waals surface area contributed by atoms with Crippen LogP contribution >= 0.6 is 0 Å². The molecule has 1 aromatic rings. The number of likely N-dealkylation sites (N-methyl/N-ethyl adjacent to an activating group) is 2. The minimum Gasteiger partial charge on any atom is -0.291 e. The molecular weight excluding hydrogens is 264 g/mol. The summed E-state index contributed by atoms with van der Waals surface area (Å²) < 4.78 is 0. The van der Waals surface area contributed by atoms with E-state index in [9.17, 15) is 4.79 Å². The van der Waals surface area contributed by atoms with E-state index < -0.39 is 0 Å². The van der Waals surface area contributed by atoms with Crippen LogP contribution in [0.5, 0.6) is 0 Å². The Balaban J connectivity index is 2.84. The largest absolute Gasteiger partial charge is 0.291 e. The third kappa shape index (κ3) is 5.48. The number of hydroxylamine groups is 2. The zero-order valence-electron chi connectivity index (χ0n) is 14.1. The summed E-state index contributed by atoms with van der Waals surface area (Å²) in [5.74, 6) is 0.450. The first-order valence-electron chi connectivity index (χ1n) is 7.42. The normalized spacial score (nSPS) is 12.8. The topological polar surface area (TPSA) is 32.8 Å². The third-order valence-corrected chi connectivity index (χ3v) is 3.61. The number of rotatable bonds is 7. The second-order valence-corrected chi connectivity index (χ2v) is 6.07. The molecule has 0 aliphatic heterocycles. The zero-order chi connectivity index (χ0) is 16.0. The lowest BCUT2D eigenvalue weighted by Crippen LogP contribution is -2.46.